The molecule has 31 heteroatoms. The van der Waals surface area contributed by atoms with Crippen LogP contribution in [0.3, 0.4) is 0 Å². The molecular weight excluding hydrogens is 1900 g/mol. The van der Waals surface area contributed by atoms with E-state index in [9.17, 15) is 50.4 Å². The van der Waals surface area contributed by atoms with Crippen LogP contribution in [0.15, 0.2) is 131 Å². The number of alkyl halides is 1. The van der Waals surface area contributed by atoms with Gasteiger partial charge in [0.15, 0.2) is 10.1 Å². The lowest BCUT2D eigenvalue weighted by Crippen LogP contribution is -2.41. The van der Waals surface area contributed by atoms with Crippen LogP contribution >= 0.6 is 39.9 Å². The van der Waals surface area contributed by atoms with Gasteiger partial charge in [-0.2, -0.15) is 16.8 Å². The van der Waals surface area contributed by atoms with Crippen LogP contribution < -0.4 is 45.4 Å². The van der Waals surface area contributed by atoms with Crippen molar-refractivity contribution >= 4 is 130 Å². The van der Waals surface area contributed by atoms with E-state index in [1.165, 1.54) is 41.8 Å². The van der Waals surface area contributed by atoms with Crippen molar-refractivity contribution in [2.75, 3.05) is 89.6 Å². The Kier molecular flexibility index (Phi) is 39.1. The average molecular weight is 2060 g/mol. The number of aromatic nitrogens is 4. The SMILES string of the molecule is CC(C)(C)CCBr.CC(C)(C)CCC1C(=O)N(Cc2ccccc2)CC1(C)C.CC(C)(C)CCC1C(=O)N(c2ccc3c(n2)N2C[C@@H](CCCNc4cccc(n4)S(=O)(=O)NC3=O)CC2(C)C)CC1(C)C.CC(C)(C)CCC1C(=O)NCC1(C)C.CC1(C)CC(=O)N(Cc2ccccc2)C1.CC1(C)CNC(=O)C1.CC1(C)C[C@@H]2CCCNc3cccc(n3)S(=O)(=O)NC(=O)c3ccc(Cl)nc3N1C2.Cl. The van der Waals surface area contributed by atoms with Crippen LogP contribution in [0.2, 0.25) is 5.15 Å². The Hall–Kier alpha value is -8.51. The lowest BCUT2D eigenvalue weighted by molar-refractivity contribution is -0.132. The van der Waals surface area contributed by atoms with Gasteiger partial charge in [0.1, 0.15) is 34.2 Å². The van der Waals surface area contributed by atoms with E-state index < -0.39 is 31.9 Å². The average Bonchev–Trinajstić information content (AvgIpc) is 1.61. The monoisotopic (exact) mass is 2060 g/mol. The minimum Gasteiger partial charge on any atom is -0.370 e. The number of nitrogens with zero attached hydrogens (tertiary/aromatic N) is 9. The number of pyridine rings is 4. The van der Waals surface area contributed by atoms with Crippen molar-refractivity contribution in [3.8, 4) is 0 Å². The van der Waals surface area contributed by atoms with Gasteiger partial charge in [0.2, 0.25) is 29.5 Å². The highest BCUT2D eigenvalue weighted by Crippen LogP contribution is 2.48. The molecule has 9 aliphatic rings. The predicted octanol–water partition coefficient (Wildman–Crippen LogP) is 21.6. The van der Waals surface area contributed by atoms with Gasteiger partial charge in [-0.25, -0.2) is 29.4 Å². The van der Waals surface area contributed by atoms with E-state index in [4.69, 9.17) is 16.6 Å². The molecule has 0 aliphatic carbocycles. The summed E-state index contributed by atoms with van der Waals surface area (Å²) in [5.74, 6) is 2.79. The summed E-state index contributed by atoms with van der Waals surface area (Å²) in [5.41, 5.74) is 3.76. The van der Waals surface area contributed by atoms with Gasteiger partial charge in [0.05, 0.1) is 11.1 Å². The van der Waals surface area contributed by atoms with Gasteiger partial charge in [-0.05, 0) is 231 Å². The zero-order valence-corrected chi connectivity index (χ0v) is 92.8. The van der Waals surface area contributed by atoms with Crippen LogP contribution in [0.1, 0.15) is 308 Å². The molecule has 26 nitrogen and oxygen atoms in total. The number of carbonyl (C=O) groups excluding carboxylic acids is 7. The van der Waals surface area contributed by atoms with Gasteiger partial charge < -0.3 is 40.9 Å². The first-order valence-corrected chi connectivity index (χ1v) is 54.1. The maximum absolute atomic E-state index is 13.8. The van der Waals surface area contributed by atoms with E-state index in [0.717, 1.165) is 128 Å². The quantitative estimate of drug-likeness (QED) is 0.0490. The summed E-state index contributed by atoms with van der Waals surface area (Å²) < 4.78 is 56.5. The van der Waals surface area contributed by atoms with Crippen molar-refractivity contribution in [3.05, 3.63) is 149 Å². The number of amides is 7. The molecule has 13 heterocycles. The third-order valence-electron chi connectivity index (χ3n) is 27.6. The minimum absolute atomic E-state index is 0. The molecule has 7 saturated heterocycles. The highest BCUT2D eigenvalue weighted by molar-refractivity contribution is 9.09. The molecule has 5 atom stereocenters. The fourth-order valence-corrected chi connectivity index (χ4v) is 22.9. The molecule has 770 valence electrons. The van der Waals surface area contributed by atoms with Crippen LogP contribution in [0.4, 0.5) is 29.1 Å². The molecule has 3 unspecified atom stereocenters. The second-order valence-corrected chi connectivity index (χ2v) is 53.6. The number of carbonyl (C=O) groups is 7. The number of anilines is 5. The second-order valence-electron chi connectivity index (χ2n) is 49.2. The largest absolute Gasteiger partial charge is 0.370 e. The standard InChI is InChI=1S/C32H46N6O4S.C20H24ClN5O3S.C19H29NO.C13H17NO.C12H23NO.C6H13Br.C6H11NO.ClH/c1-30(2,3)16-15-23-29(40)37(20-31(23,4)5)25-14-13-22-27(35-25)38-19-21(18-32(38,6)7)10-9-17-33-24-11-8-12-26(34-24)43(41,42)36-28(22)39;1-20(2)11-13-5-4-10-22-16-6-3-7-17(24-16)30(28,29)25-19(27)14-8-9-15(21)23-18(14)26(20)12-13;1-18(2,3)12-11-16-17(21)20(14-19(16,4)5)13-15-9-7-6-8-10-15;1-13(2)8-12(15)14(10-13)9-11-6-4-3-5-7-11;1-11(2,3)7-6-9-10(14)13-8-12(9,4)5;1-6(2,3)4-5-7;1-6(2)3-5(8)7-4-6;/h8,11-14,21,23H,9-10,15-20H2,1-7H3,(H,33,34)(H,36,39);3,6-9,13H,4-5,10-12H2,1-2H3,(H,22,24)(H,25,27);6-10,16H,11-14H2,1-5H3;3-7H,8-10H2,1-2H3;9H,6-8H2,1-5H3,(H,13,14);4-5H2,1-3H3;3-4H2,1-2H3,(H,7,8);1H/t21-,23?;13-;;;;;;/m00....../s1. The number of hydrogen-bond donors (Lipinski definition) is 6. The van der Waals surface area contributed by atoms with Crippen LogP contribution in [0.25, 0.3) is 0 Å². The number of benzene rings is 2. The molecule has 4 aromatic heterocycles. The number of hydrogen-bond acceptors (Lipinski definition) is 19. The Bertz CT molecular complexity index is 5440. The lowest BCUT2D eigenvalue weighted by atomic mass is 9.76. The number of likely N-dealkylation sites (tertiary alicyclic amines) is 2. The fourth-order valence-electron chi connectivity index (χ4n) is 19.7. The van der Waals surface area contributed by atoms with E-state index in [1.54, 1.807) is 41.3 Å². The van der Waals surface area contributed by atoms with E-state index >= 15 is 0 Å². The molecular formula is C108H164BrCl2N15O11S2. The maximum atomic E-state index is 13.8. The Morgan fingerprint density at radius 2 is 0.871 bits per heavy atom. The molecule has 0 spiro atoms. The fraction of sp³-hybridized carbons (Fsp3) is 0.639. The van der Waals surface area contributed by atoms with Gasteiger partial charge in [-0.1, -0.05) is 253 Å². The Balaban J connectivity index is 0.000000215. The summed E-state index contributed by atoms with van der Waals surface area (Å²) in [6.07, 6.45) is 14.2. The van der Waals surface area contributed by atoms with Gasteiger partial charge in [-0.3, -0.25) is 38.5 Å². The summed E-state index contributed by atoms with van der Waals surface area (Å²) in [6, 6.07) is 36.1. The zero-order chi connectivity index (χ0) is 103. The number of rotatable bonds is 12. The third kappa shape index (κ3) is 34.1. The molecule has 9 aliphatic heterocycles. The van der Waals surface area contributed by atoms with Crippen molar-refractivity contribution in [3.63, 3.8) is 0 Å². The van der Waals surface area contributed by atoms with E-state index in [-0.39, 0.29) is 124 Å². The highest BCUT2D eigenvalue weighted by Gasteiger charge is 2.51. The van der Waals surface area contributed by atoms with Crippen LogP contribution in [-0.4, -0.2) is 163 Å². The predicted molar refractivity (Wildman–Crippen MR) is 568 cm³/mol. The minimum atomic E-state index is -4.25. The summed E-state index contributed by atoms with van der Waals surface area (Å²) in [5, 5.41) is 13.0. The highest BCUT2D eigenvalue weighted by atomic mass is 79.9. The van der Waals surface area contributed by atoms with Crippen molar-refractivity contribution in [1.82, 2.24) is 49.8 Å². The Labute approximate surface area is 851 Å². The smallest absolute Gasteiger partial charge is 0.281 e. The summed E-state index contributed by atoms with van der Waals surface area (Å²) in [4.78, 5) is 115. The van der Waals surface area contributed by atoms with Gasteiger partial charge in [0, 0.05) is 119 Å². The molecule has 6 aromatic rings. The number of sulfonamides is 2. The lowest BCUT2D eigenvalue weighted by Gasteiger charge is -2.34. The first-order valence-electron chi connectivity index (χ1n) is 49.6. The first kappa shape index (κ1) is 116. The third-order valence-corrected chi connectivity index (χ3v) is 30.6. The van der Waals surface area contributed by atoms with E-state index in [0.29, 0.717) is 102 Å². The van der Waals surface area contributed by atoms with Gasteiger partial charge in [0.25, 0.3) is 31.9 Å². The normalized spacial score (nSPS) is 22.8. The van der Waals surface area contributed by atoms with Gasteiger partial charge >= 0.3 is 0 Å². The molecule has 0 saturated carbocycles. The molecule has 0 radical (unpaired) electrons. The van der Waals surface area contributed by atoms with Gasteiger partial charge in [-0.15, -0.1) is 12.4 Å². The van der Waals surface area contributed by atoms with Crippen LogP contribution in [0, 0.1) is 78.3 Å². The number of halogens is 3. The first-order chi connectivity index (χ1) is 63.8. The molecule has 15 rings (SSSR count). The second kappa shape index (κ2) is 46.9. The van der Waals surface area contributed by atoms with Crippen molar-refractivity contribution in [2.24, 2.45) is 78.3 Å². The topological polar surface area (TPSA) is 328 Å². The Morgan fingerprint density at radius 1 is 0.439 bits per heavy atom. The van der Waals surface area contributed by atoms with Crippen LogP contribution in [-0.2, 0) is 57.1 Å². The molecule has 7 fully saturated rings. The van der Waals surface area contributed by atoms with E-state index in [2.05, 4.69) is 276 Å². The summed E-state index contributed by atoms with van der Waals surface area (Å²) in [7, 11) is -8.40. The van der Waals surface area contributed by atoms with Crippen LogP contribution in [0.5, 0.6) is 0 Å². The van der Waals surface area contributed by atoms with Crippen molar-refractivity contribution < 1.29 is 50.4 Å². The zero-order valence-electron chi connectivity index (χ0n) is 88.0. The number of nitrogens with one attached hydrogen (secondary N) is 6. The Morgan fingerprint density at radius 3 is 1.27 bits per heavy atom. The van der Waals surface area contributed by atoms with Crippen molar-refractivity contribution in [2.45, 2.75) is 311 Å². The molecule has 2 aromatic carbocycles. The molecule has 8 bridgehead atoms. The molecule has 6 N–H and O–H groups in total. The molecule has 7 amide bonds. The summed E-state index contributed by atoms with van der Waals surface area (Å²) >= 11 is 9.53. The molecule has 139 heavy (non-hydrogen) atoms. The summed E-state index contributed by atoms with van der Waals surface area (Å²) in [6.45, 7) is 64.9. The van der Waals surface area contributed by atoms with E-state index in [1.807, 2.05) is 46.2 Å². The van der Waals surface area contributed by atoms with Crippen molar-refractivity contribution in [1.29, 1.82) is 0 Å². The number of fused-ring (bicyclic) bond motifs is 12. The maximum Gasteiger partial charge on any atom is 0.281 e.